The molecule has 0 amide bonds. The van der Waals surface area contributed by atoms with Gasteiger partial charge in [0.2, 0.25) is 0 Å². The van der Waals surface area contributed by atoms with Crippen molar-refractivity contribution in [3.05, 3.63) is 58.6 Å². The molecule has 0 aliphatic carbocycles. The number of benzene rings is 3. The summed E-state index contributed by atoms with van der Waals surface area (Å²) in [5, 5.41) is 49.0. The quantitative estimate of drug-likeness (QED) is 0.376. The number of aromatic hydroxyl groups is 3. The second-order valence-corrected chi connectivity index (χ2v) is 4.97. The van der Waals surface area contributed by atoms with Crippen molar-refractivity contribution >= 4 is 27.8 Å². The van der Waals surface area contributed by atoms with Gasteiger partial charge in [0.1, 0.15) is 28.6 Å². The minimum Gasteiger partial charge on any atom is -0.508 e. The summed E-state index contributed by atoms with van der Waals surface area (Å²) in [4.78, 5) is 10.0. The lowest BCUT2D eigenvalue weighted by Gasteiger charge is -2.05. The average Bonchev–Trinajstić information content (AvgIpc) is 2.54. The second-order valence-electron chi connectivity index (χ2n) is 4.97. The maximum absolute atomic E-state index is 10.7. The van der Waals surface area contributed by atoms with Gasteiger partial charge in [-0.25, -0.2) is 0 Å². The summed E-state index contributed by atoms with van der Waals surface area (Å²) in [6.45, 7) is 0. The van der Waals surface area contributed by atoms with E-state index in [1.165, 1.54) is 30.3 Å². The highest BCUT2D eigenvalue weighted by Gasteiger charge is 2.11. The van der Waals surface area contributed by atoms with Gasteiger partial charge in [0.25, 0.3) is 5.69 Å². The Balaban J connectivity index is 2.06. The maximum Gasteiger partial charge on any atom is 0.273 e. The summed E-state index contributed by atoms with van der Waals surface area (Å²) in [7, 11) is 0. The van der Waals surface area contributed by atoms with Gasteiger partial charge in [-0.05, 0) is 29.7 Å². The van der Waals surface area contributed by atoms with Gasteiger partial charge >= 0.3 is 0 Å². The van der Waals surface area contributed by atoms with Crippen molar-refractivity contribution in [3.63, 3.8) is 0 Å². The lowest BCUT2D eigenvalue weighted by molar-refractivity contribution is -0.384. The highest BCUT2D eigenvalue weighted by Crippen LogP contribution is 2.39. The Kier molecular flexibility index (Phi) is 3.70. The van der Waals surface area contributed by atoms with Crippen LogP contribution in [0, 0.1) is 10.1 Å². The van der Waals surface area contributed by atoms with Crippen molar-refractivity contribution in [2.75, 3.05) is 0 Å². The summed E-state index contributed by atoms with van der Waals surface area (Å²) < 4.78 is 0. The lowest BCUT2D eigenvalue weighted by atomic mass is 10.1. The molecular weight excluding hydrogens is 314 g/mol. The van der Waals surface area contributed by atoms with Crippen molar-refractivity contribution in [3.8, 4) is 17.2 Å². The number of azo groups is 1. The Labute approximate surface area is 135 Å². The molecular formula is C16H11N3O5. The standard InChI is InChI=1S/C16H11N3O5/c20-11-4-1-9-2-6-14(21)16(12(9)8-11)18-17-13-5-3-10(19(23)24)7-15(13)22/h1-8,20-22H. The molecule has 3 aromatic carbocycles. The van der Waals surface area contributed by atoms with Crippen LogP contribution in [0.3, 0.4) is 0 Å². The number of nitrogens with zero attached hydrogens (tertiary/aromatic N) is 3. The van der Waals surface area contributed by atoms with Crippen molar-refractivity contribution < 1.29 is 20.2 Å². The molecule has 0 radical (unpaired) electrons. The van der Waals surface area contributed by atoms with Crippen LogP contribution in [0.15, 0.2) is 58.8 Å². The largest absolute Gasteiger partial charge is 0.508 e. The number of nitro benzene ring substituents is 1. The van der Waals surface area contributed by atoms with Gasteiger partial charge in [-0.2, -0.15) is 0 Å². The van der Waals surface area contributed by atoms with Crippen LogP contribution in [0.5, 0.6) is 17.2 Å². The molecule has 120 valence electrons. The van der Waals surface area contributed by atoms with Gasteiger partial charge in [0.05, 0.1) is 11.0 Å². The monoisotopic (exact) mass is 325 g/mol. The van der Waals surface area contributed by atoms with Crippen LogP contribution in [-0.4, -0.2) is 20.2 Å². The third-order valence-corrected chi connectivity index (χ3v) is 3.38. The molecule has 0 atom stereocenters. The molecule has 8 heteroatoms. The molecule has 8 nitrogen and oxygen atoms in total. The molecule has 24 heavy (non-hydrogen) atoms. The SMILES string of the molecule is O=[N+]([O-])c1ccc(N=Nc2c(O)ccc3ccc(O)cc23)c(O)c1. The van der Waals surface area contributed by atoms with Gasteiger partial charge in [-0.1, -0.05) is 12.1 Å². The van der Waals surface area contributed by atoms with Crippen LogP contribution in [0.1, 0.15) is 0 Å². The number of hydrogen-bond acceptors (Lipinski definition) is 7. The average molecular weight is 325 g/mol. The highest BCUT2D eigenvalue weighted by molar-refractivity contribution is 5.96. The first-order valence-corrected chi connectivity index (χ1v) is 6.79. The number of phenolic OH excluding ortho intramolecular Hbond substituents is 3. The summed E-state index contributed by atoms with van der Waals surface area (Å²) in [6, 6.07) is 11.1. The Morgan fingerprint density at radius 2 is 1.62 bits per heavy atom. The Morgan fingerprint density at radius 1 is 0.875 bits per heavy atom. The van der Waals surface area contributed by atoms with E-state index >= 15 is 0 Å². The fourth-order valence-electron chi connectivity index (χ4n) is 2.20. The van der Waals surface area contributed by atoms with E-state index in [2.05, 4.69) is 10.2 Å². The Hall–Kier alpha value is -3.68. The van der Waals surface area contributed by atoms with E-state index in [-0.39, 0.29) is 28.6 Å². The van der Waals surface area contributed by atoms with Crippen LogP contribution >= 0.6 is 0 Å². The molecule has 3 aromatic rings. The van der Waals surface area contributed by atoms with Crippen LogP contribution in [-0.2, 0) is 0 Å². The molecule has 0 heterocycles. The Morgan fingerprint density at radius 3 is 2.33 bits per heavy atom. The van der Waals surface area contributed by atoms with Crippen LogP contribution in [0.25, 0.3) is 10.8 Å². The van der Waals surface area contributed by atoms with Gasteiger partial charge in [-0.15, -0.1) is 10.2 Å². The van der Waals surface area contributed by atoms with Crippen molar-refractivity contribution in [2.24, 2.45) is 10.2 Å². The molecule has 3 rings (SSSR count). The minimum absolute atomic E-state index is 0.00253. The van der Waals surface area contributed by atoms with Gasteiger partial charge in [0.15, 0.2) is 0 Å². The number of rotatable bonds is 3. The van der Waals surface area contributed by atoms with Crippen LogP contribution < -0.4 is 0 Å². The van der Waals surface area contributed by atoms with E-state index in [0.717, 1.165) is 11.5 Å². The zero-order valence-electron chi connectivity index (χ0n) is 12.1. The zero-order valence-corrected chi connectivity index (χ0v) is 12.1. The van der Waals surface area contributed by atoms with E-state index < -0.39 is 10.7 Å². The summed E-state index contributed by atoms with van der Waals surface area (Å²) >= 11 is 0. The number of hydrogen-bond donors (Lipinski definition) is 3. The third kappa shape index (κ3) is 2.80. The topological polar surface area (TPSA) is 129 Å². The predicted molar refractivity (Wildman–Crippen MR) is 86.2 cm³/mol. The maximum atomic E-state index is 10.7. The van der Waals surface area contributed by atoms with Gasteiger partial charge < -0.3 is 15.3 Å². The molecule has 0 fully saturated rings. The molecule has 0 aromatic heterocycles. The Bertz CT molecular complexity index is 980. The second kappa shape index (κ2) is 5.84. The number of nitro groups is 1. The zero-order chi connectivity index (χ0) is 17.3. The van der Waals surface area contributed by atoms with E-state index in [9.17, 15) is 25.4 Å². The summed E-state index contributed by atoms with van der Waals surface area (Å²) in [6.07, 6.45) is 0. The van der Waals surface area contributed by atoms with E-state index in [1.807, 2.05) is 0 Å². The minimum atomic E-state index is -0.639. The number of fused-ring (bicyclic) bond motifs is 1. The fourth-order valence-corrected chi connectivity index (χ4v) is 2.20. The first-order chi connectivity index (χ1) is 11.5. The lowest BCUT2D eigenvalue weighted by Crippen LogP contribution is -1.86. The van der Waals surface area contributed by atoms with E-state index in [0.29, 0.717) is 5.39 Å². The first kappa shape index (κ1) is 15.2. The highest BCUT2D eigenvalue weighted by atomic mass is 16.6. The molecule has 0 aliphatic rings. The smallest absolute Gasteiger partial charge is 0.273 e. The molecule has 0 spiro atoms. The van der Waals surface area contributed by atoms with Crippen LogP contribution in [0.4, 0.5) is 17.1 Å². The van der Waals surface area contributed by atoms with Crippen molar-refractivity contribution in [1.29, 1.82) is 0 Å². The summed E-state index contributed by atoms with van der Waals surface area (Å²) in [5.74, 6) is -0.559. The van der Waals surface area contributed by atoms with E-state index in [4.69, 9.17) is 0 Å². The molecule has 0 saturated heterocycles. The molecule has 0 aliphatic heterocycles. The van der Waals surface area contributed by atoms with Crippen LogP contribution in [0.2, 0.25) is 0 Å². The van der Waals surface area contributed by atoms with Gasteiger partial charge in [-0.3, -0.25) is 10.1 Å². The molecule has 0 saturated carbocycles. The number of phenols is 3. The molecule has 0 bridgehead atoms. The predicted octanol–water partition coefficient (Wildman–Crippen LogP) is 4.28. The molecule has 3 N–H and O–H groups in total. The first-order valence-electron chi connectivity index (χ1n) is 6.79. The van der Waals surface area contributed by atoms with Crippen molar-refractivity contribution in [1.82, 2.24) is 0 Å². The van der Waals surface area contributed by atoms with E-state index in [1.54, 1.807) is 12.1 Å². The van der Waals surface area contributed by atoms with Crippen molar-refractivity contribution in [2.45, 2.75) is 0 Å². The number of non-ortho nitro benzene ring substituents is 1. The van der Waals surface area contributed by atoms with Gasteiger partial charge in [0, 0.05) is 11.5 Å². The summed E-state index contributed by atoms with van der Waals surface area (Å²) in [5.41, 5.74) is -0.150. The third-order valence-electron chi connectivity index (χ3n) is 3.38. The normalized spacial score (nSPS) is 11.2. The fraction of sp³-hybridized carbons (Fsp3) is 0. The molecule has 0 unspecified atom stereocenters.